The Hall–Kier alpha value is -3.33. The molecule has 0 aromatic carbocycles. The molecule has 0 radical (unpaired) electrons. The second-order valence-electron chi connectivity index (χ2n) is 15.9. The third-order valence-corrected chi connectivity index (χ3v) is 12.3. The molecule has 6 rings (SSSR count). The van der Waals surface area contributed by atoms with Crippen LogP contribution in [0.4, 0.5) is 0 Å². The molecule has 7 nitrogen and oxygen atoms in total. The number of aromatic nitrogens is 2. The maximum Gasteiger partial charge on any atom is 0.160 e. The molecule has 290 valence electrons. The van der Waals surface area contributed by atoms with E-state index in [2.05, 4.69) is 68.7 Å². The van der Waals surface area contributed by atoms with Gasteiger partial charge in [-0.1, -0.05) is 89.3 Å². The average molecular weight is 743 g/mol. The van der Waals surface area contributed by atoms with Crippen molar-refractivity contribution in [2.24, 2.45) is 29.4 Å². The Labute approximate surface area is 324 Å². The van der Waals surface area contributed by atoms with Gasteiger partial charge in [-0.05, 0) is 113 Å². The van der Waals surface area contributed by atoms with E-state index in [9.17, 15) is 14.4 Å². The number of hydrogen-bond acceptors (Lipinski definition) is 8. The fraction of sp³-hybridized carbons (Fsp3) is 0.578. The molecule has 2 aromatic rings. The molecular formula is C45H66N4O3S. The fourth-order valence-corrected chi connectivity index (χ4v) is 8.57. The summed E-state index contributed by atoms with van der Waals surface area (Å²) in [5.74, 6) is 3.93. The van der Waals surface area contributed by atoms with Crippen LogP contribution in [0.5, 0.6) is 0 Å². The van der Waals surface area contributed by atoms with E-state index >= 15 is 0 Å². The van der Waals surface area contributed by atoms with Gasteiger partial charge in [-0.25, -0.2) is 9.97 Å². The Morgan fingerprint density at radius 3 is 2.17 bits per heavy atom. The van der Waals surface area contributed by atoms with Crippen LogP contribution in [-0.4, -0.2) is 60.9 Å². The van der Waals surface area contributed by atoms with Crippen molar-refractivity contribution in [1.29, 1.82) is 0 Å². The van der Waals surface area contributed by atoms with E-state index in [4.69, 9.17) is 9.97 Å². The number of likely N-dealkylation sites (tertiary alicyclic amines) is 1. The zero-order chi connectivity index (χ0) is 38.6. The summed E-state index contributed by atoms with van der Waals surface area (Å²) in [6, 6.07) is 3.90. The molecule has 2 unspecified atom stereocenters. The molecule has 3 aliphatic carbocycles. The average Bonchev–Trinajstić information content (AvgIpc) is 3.80. The lowest BCUT2D eigenvalue weighted by Crippen LogP contribution is -2.23. The minimum Gasteiger partial charge on any atom is -0.333 e. The number of allylic oxidation sites excluding steroid dienone is 8. The Morgan fingerprint density at radius 1 is 0.925 bits per heavy atom. The normalized spacial score (nSPS) is 22.9. The highest BCUT2D eigenvalue weighted by atomic mass is 32.1. The first kappa shape index (κ1) is 44.1. The summed E-state index contributed by atoms with van der Waals surface area (Å²) in [4.78, 5) is 44.7. The molecular weight excluding hydrogens is 677 g/mol. The van der Waals surface area contributed by atoms with Crippen LogP contribution in [0.25, 0.3) is 11.1 Å². The van der Waals surface area contributed by atoms with Gasteiger partial charge in [-0.15, -0.1) is 11.3 Å². The summed E-state index contributed by atoms with van der Waals surface area (Å²) in [5.41, 5.74) is 9.55. The molecule has 8 heteroatoms. The van der Waals surface area contributed by atoms with Gasteiger partial charge in [0.15, 0.2) is 12.1 Å². The van der Waals surface area contributed by atoms with E-state index in [1.807, 2.05) is 31.6 Å². The van der Waals surface area contributed by atoms with E-state index in [0.29, 0.717) is 12.3 Å². The zero-order valence-electron chi connectivity index (χ0n) is 33.4. The number of carbonyl (C=O) groups excluding carboxylic acids is 3. The van der Waals surface area contributed by atoms with Crippen molar-refractivity contribution in [3.8, 4) is 0 Å². The van der Waals surface area contributed by atoms with Crippen molar-refractivity contribution < 1.29 is 14.4 Å². The molecule has 1 saturated carbocycles. The van der Waals surface area contributed by atoms with Crippen molar-refractivity contribution >= 4 is 41.3 Å². The van der Waals surface area contributed by atoms with Crippen LogP contribution in [0.2, 0.25) is 0 Å². The number of nitrogens with zero attached hydrogens (tertiary/aromatic N) is 3. The number of hydrogen-bond donors (Lipinski definition) is 1. The lowest BCUT2D eigenvalue weighted by molar-refractivity contribution is -0.110. The minimum absolute atomic E-state index is 0.173. The summed E-state index contributed by atoms with van der Waals surface area (Å²) >= 11 is 1.57. The predicted octanol–water partition coefficient (Wildman–Crippen LogP) is 10.1. The van der Waals surface area contributed by atoms with Gasteiger partial charge < -0.3 is 20.2 Å². The van der Waals surface area contributed by atoms with Crippen LogP contribution in [0.3, 0.4) is 0 Å². The highest BCUT2D eigenvalue weighted by molar-refractivity contribution is 7.13. The number of rotatable bonds is 10. The van der Waals surface area contributed by atoms with Gasteiger partial charge in [0, 0.05) is 47.3 Å². The second-order valence-corrected chi connectivity index (χ2v) is 17.0. The molecule has 4 aliphatic rings. The fourth-order valence-electron chi connectivity index (χ4n) is 7.69. The summed E-state index contributed by atoms with van der Waals surface area (Å²) in [5, 5.41) is 0. The molecule has 2 fully saturated rings. The number of thiophene rings is 1. The van der Waals surface area contributed by atoms with Crippen LogP contribution in [-0.2, 0) is 15.0 Å². The summed E-state index contributed by atoms with van der Waals surface area (Å²) in [6.45, 7) is 10.8. The molecule has 2 atom stereocenters. The lowest BCUT2D eigenvalue weighted by atomic mass is 9.70. The van der Waals surface area contributed by atoms with Crippen LogP contribution >= 0.6 is 11.3 Å². The van der Waals surface area contributed by atoms with Gasteiger partial charge in [-0.2, -0.15) is 0 Å². The molecule has 53 heavy (non-hydrogen) atoms. The standard InChI is InChI=1S/C29H38N2O.C9H12OS.C6H11NO.CH5N/c1-2-5-22-9-12-24(13-10-22)25-15-17-26(18-16-25)28-20-30-29(31-21-28)27-8-3-6-23(11-14-27)7-4-19-32;1-9(2,3)8-5-4-7(6-10)11-8;1-7-3-2-6(4-7)5-8;1-2/h6,8,11,14,17,19-22,24-25H,2-5,7,9-10,12-13,15-16,18H2,1H3;4-6H,1-3H3;5-6H,2-4H2,1H3;2H2,1H3. The van der Waals surface area contributed by atoms with Gasteiger partial charge in [0.25, 0.3) is 0 Å². The van der Waals surface area contributed by atoms with Crippen molar-refractivity contribution in [1.82, 2.24) is 14.9 Å². The van der Waals surface area contributed by atoms with Crippen LogP contribution in [0.15, 0.2) is 60.5 Å². The summed E-state index contributed by atoms with van der Waals surface area (Å²) < 4.78 is 0. The highest BCUT2D eigenvalue weighted by Crippen LogP contribution is 2.42. The number of carbonyl (C=O) groups is 3. The molecule has 2 aromatic heterocycles. The van der Waals surface area contributed by atoms with E-state index in [1.165, 1.54) is 80.0 Å². The third-order valence-electron chi connectivity index (χ3n) is 10.8. The van der Waals surface area contributed by atoms with E-state index < -0.39 is 0 Å². The first-order chi connectivity index (χ1) is 25.6. The van der Waals surface area contributed by atoms with Crippen LogP contribution < -0.4 is 5.73 Å². The molecule has 0 spiro atoms. The quantitative estimate of drug-likeness (QED) is 0.242. The SMILES string of the molecule is CC(C)(C)c1ccc(C=O)s1.CCCC1CCC(C2CC=C(c3cnc(C4=CCC=C(CCC=O)C=C4)nc3)CC2)CC1.CN.CN1CCC(C=O)C1. The van der Waals surface area contributed by atoms with E-state index in [1.54, 1.807) is 11.3 Å². The van der Waals surface area contributed by atoms with Crippen molar-refractivity contribution in [3.05, 3.63) is 81.6 Å². The highest BCUT2D eigenvalue weighted by Gasteiger charge is 2.28. The van der Waals surface area contributed by atoms with E-state index in [0.717, 1.165) is 91.7 Å². The van der Waals surface area contributed by atoms with Crippen molar-refractivity contribution in [3.63, 3.8) is 0 Å². The topological polar surface area (TPSA) is 106 Å². The lowest BCUT2D eigenvalue weighted by Gasteiger charge is -2.35. The maximum absolute atomic E-state index is 10.6. The molecule has 0 bridgehead atoms. The zero-order valence-corrected chi connectivity index (χ0v) is 34.2. The Bertz CT molecular complexity index is 1520. The Balaban J connectivity index is 0.000000292. The smallest absolute Gasteiger partial charge is 0.160 e. The van der Waals surface area contributed by atoms with Gasteiger partial charge >= 0.3 is 0 Å². The van der Waals surface area contributed by atoms with E-state index in [-0.39, 0.29) is 5.41 Å². The van der Waals surface area contributed by atoms with Gasteiger partial charge in [0.05, 0.1) is 4.88 Å². The largest absolute Gasteiger partial charge is 0.333 e. The molecule has 0 amide bonds. The molecule has 1 saturated heterocycles. The maximum atomic E-state index is 10.6. The molecule has 1 aliphatic heterocycles. The molecule has 3 heterocycles. The second kappa shape index (κ2) is 23.5. The monoisotopic (exact) mass is 742 g/mol. The van der Waals surface area contributed by atoms with Crippen LogP contribution in [0, 0.1) is 23.7 Å². The molecule has 2 N–H and O–H groups in total. The number of aldehydes is 3. The van der Waals surface area contributed by atoms with Gasteiger partial charge in [0.2, 0.25) is 0 Å². The predicted molar refractivity (Wildman–Crippen MR) is 223 cm³/mol. The van der Waals surface area contributed by atoms with Gasteiger partial charge in [0.1, 0.15) is 12.6 Å². The Morgan fingerprint density at radius 2 is 1.66 bits per heavy atom. The Kier molecular flexibility index (Phi) is 19.5. The van der Waals surface area contributed by atoms with Gasteiger partial charge in [-0.3, -0.25) is 4.79 Å². The van der Waals surface area contributed by atoms with Crippen LogP contribution in [0.1, 0.15) is 137 Å². The van der Waals surface area contributed by atoms with Crippen molar-refractivity contribution in [2.75, 3.05) is 27.2 Å². The summed E-state index contributed by atoms with van der Waals surface area (Å²) in [7, 11) is 3.55. The third kappa shape index (κ3) is 14.8. The minimum atomic E-state index is 0.173. The number of nitrogens with two attached hydrogens (primary N) is 1. The first-order valence-corrected chi connectivity index (χ1v) is 20.7. The first-order valence-electron chi connectivity index (χ1n) is 19.9. The summed E-state index contributed by atoms with van der Waals surface area (Å²) in [6.07, 6.45) is 33.5. The van der Waals surface area contributed by atoms with Crippen molar-refractivity contribution in [2.45, 2.75) is 117 Å².